The minimum Gasteiger partial charge on any atom is -0.0847 e. The van der Waals surface area contributed by atoms with Gasteiger partial charge < -0.3 is 0 Å². The molecule has 0 bridgehead atoms. The Morgan fingerprint density at radius 1 is 1.30 bits per heavy atom. The average molecular weight is 272 g/mol. The molecule has 2 rings (SSSR count). The number of hydrogen-bond acceptors (Lipinski definition) is 0. The molecule has 0 radical (unpaired) electrons. The molecule has 4 atom stereocenters. The quantitative estimate of drug-likeness (QED) is 0.401. The normalized spacial score (nSPS) is 31.9. The Labute approximate surface area is 126 Å². The number of rotatable bonds is 6. The Kier molecular flexibility index (Phi) is 4.94. The van der Waals surface area contributed by atoms with Crippen molar-refractivity contribution in [2.75, 3.05) is 0 Å². The smallest absolute Gasteiger partial charge is 0.00971 e. The first-order valence-corrected chi connectivity index (χ1v) is 8.52. The summed E-state index contributed by atoms with van der Waals surface area (Å²) in [4.78, 5) is 0. The standard InChI is InChI=1S/C20H32/c1-7-14(5)9-10-16-18(15(6)8-2)12-19(16)20-11-17(20)13(3)4/h7,9-10,13,15-16,18-19H,8,11-12H2,1-6H3. The lowest BCUT2D eigenvalue weighted by Gasteiger charge is -2.46. The Morgan fingerprint density at radius 2 is 2.00 bits per heavy atom. The average Bonchev–Trinajstić information content (AvgIpc) is 3.17. The van der Waals surface area contributed by atoms with Crippen molar-refractivity contribution < 1.29 is 0 Å². The summed E-state index contributed by atoms with van der Waals surface area (Å²) in [5.41, 5.74) is 4.97. The van der Waals surface area contributed by atoms with Gasteiger partial charge in [0.05, 0.1) is 0 Å². The molecular formula is C20H32. The Morgan fingerprint density at radius 3 is 2.50 bits per heavy atom. The van der Waals surface area contributed by atoms with E-state index >= 15 is 0 Å². The summed E-state index contributed by atoms with van der Waals surface area (Å²) in [6, 6.07) is 0. The van der Waals surface area contributed by atoms with Crippen LogP contribution < -0.4 is 0 Å². The van der Waals surface area contributed by atoms with Crippen molar-refractivity contribution in [3.8, 4) is 0 Å². The van der Waals surface area contributed by atoms with Crippen molar-refractivity contribution in [2.24, 2.45) is 29.6 Å². The topological polar surface area (TPSA) is 0 Å². The van der Waals surface area contributed by atoms with Gasteiger partial charge in [-0.2, -0.15) is 0 Å². The Bertz CT molecular complexity index is 433. The molecule has 0 heterocycles. The van der Waals surface area contributed by atoms with Crippen LogP contribution in [0, 0.1) is 29.6 Å². The minimum atomic E-state index is 0.773. The Hall–Kier alpha value is -0.780. The van der Waals surface area contributed by atoms with Crippen LogP contribution in [-0.2, 0) is 0 Å². The molecule has 0 saturated heterocycles. The van der Waals surface area contributed by atoms with Gasteiger partial charge in [-0.1, -0.05) is 69.1 Å². The van der Waals surface area contributed by atoms with E-state index in [1.807, 2.05) is 5.57 Å². The van der Waals surface area contributed by atoms with Crippen LogP contribution in [0.5, 0.6) is 0 Å². The van der Waals surface area contributed by atoms with Crippen molar-refractivity contribution in [1.29, 1.82) is 0 Å². The van der Waals surface area contributed by atoms with Gasteiger partial charge in [-0.15, -0.1) is 0 Å². The predicted molar refractivity (Wildman–Crippen MR) is 89.6 cm³/mol. The predicted octanol–water partition coefficient (Wildman–Crippen LogP) is 6.16. The third-order valence-electron chi connectivity index (χ3n) is 5.71. The summed E-state index contributed by atoms with van der Waals surface area (Å²) < 4.78 is 0. The largest absolute Gasteiger partial charge is 0.0847 e. The molecule has 4 unspecified atom stereocenters. The van der Waals surface area contributed by atoms with Gasteiger partial charge in [-0.3, -0.25) is 0 Å². The highest BCUT2D eigenvalue weighted by Crippen LogP contribution is 2.57. The van der Waals surface area contributed by atoms with E-state index in [4.69, 9.17) is 0 Å². The van der Waals surface area contributed by atoms with Gasteiger partial charge in [0.2, 0.25) is 0 Å². The number of hydrogen-bond donors (Lipinski definition) is 0. The summed E-state index contributed by atoms with van der Waals surface area (Å²) in [7, 11) is 0. The van der Waals surface area contributed by atoms with E-state index < -0.39 is 0 Å². The van der Waals surface area contributed by atoms with Gasteiger partial charge in [0.25, 0.3) is 0 Å². The molecule has 0 nitrogen and oxygen atoms in total. The van der Waals surface area contributed by atoms with Gasteiger partial charge in [0.15, 0.2) is 0 Å². The molecule has 2 aliphatic carbocycles. The van der Waals surface area contributed by atoms with E-state index in [2.05, 4.69) is 59.8 Å². The van der Waals surface area contributed by atoms with E-state index in [0.29, 0.717) is 0 Å². The summed E-state index contributed by atoms with van der Waals surface area (Å²) in [5, 5.41) is 0. The zero-order chi connectivity index (χ0) is 14.9. The fourth-order valence-electron chi connectivity index (χ4n) is 3.74. The van der Waals surface area contributed by atoms with Crippen molar-refractivity contribution in [3.05, 3.63) is 34.9 Å². The van der Waals surface area contributed by atoms with Crippen molar-refractivity contribution in [3.63, 3.8) is 0 Å². The zero-order valence-electron chi connectivity index (χ0n) is 14.2. The first kappa shape index (κ1) is 15.6. The molecule has 2 aliphatic rings. The van der Waals surface area contributed by atoms with Crippen molar-refractivity contribution in [1.82, 2.24) is 0 Å². The van der Waals surface area contributed by atoms with E-state index in [1.165, 1.54) is 24.8 Å². The second-order valence-corrected chi connectivity index (χ2v) is 7.24. The van der Waals surface area contributed by atoms with Gasteiger partial charge in [0.1, 0.15) is 0 Å². The van der Waals surface area contributed by atoms with Crippen LogP contribution in [0.3, 0.4) is 0 Å². The highest BCUT2D eigenvalue weighted by atomic mass is 14.5. The molecule has 112 valence electrons. The third-order valence-corrected chi connectivity index (χ3v) is 5.71. The third kappa shape index (κ3) is 3.10. The van der Waals surface area contributed by atoms with Crippen LogP contribution in [0.15, 0.2) is 34.9 Å². The second-order valence-electron chi connectivity index (χ2n) is 7.24. The Balaban J connectivity index is 2.09. The molecule has 0 amide bonds. The molecule has 0 aliphatic heterocycles. The lowest BCUT2D eigenvalue weighted by atomic mass is 9.58. The first-order chi connectivity index (χ1) is 9.49. The number of allylic oxidation sites excluding steroid dienone is 6. The highest BCUT2D eigenvalue weighted by molar-refractivity contribution is 5.41. The first-order valence-electron chi connectivity index (χ1n) is 8.52. The highest BCUT2D eigenvalue weighted by Gasteiger charge is 2.47. The SMILES string of the molecule is CC=C(C)C=CC1C(C2=C(C(C)C)C2)CC1C(C)CC. The van der Waals surface area contributed by atoms with Gasteiger partial charge in [-0.05, 0) is 56.3 Å². The van der Waals surface area contributed by atoms with Gasteiger partial charge in [0, 0.05) is 0 Å². The van der Waals surface area contributed by atoms with Crippen molar-refractivity contribution in [2.45, 2.75) is 60.8 Å². The van der Waals surface area contributed by atoms with Crippen LogP contribution in [0.4, 0.5) is 0 Å². The molecule has 1 saturated carbocycles. The minimum absolute atomic E-state index is 0.773. The summed E-state index contributed by atoms with van der Waals surface area (Å²) in [6.45, 7) is 13.8. The lowest BCUT2D eigenvalue weighted by Crippen LogP contribution is -2.39. The zero-order valence-corrected chi connectivity index (χ0v) is 14.2. The lowest BCUT2D eigenvalue weighted by molar-refractivity contribution is 0.0895. The molecule has 0 spiro atoms. The molecule has 0 aromatic rings. The van der Waals surface area contributed by atoms with E-state index in [1.54, 1.807) is 5.57 Å². The van der Waals surface area contributed by atoms with Crippen LogP contribution in [-0.4, -0.2) is 0 Å². The van der Waals surface area contributed by atoms with Crippen LogP contribution in [0.25, 0.3) is 0 Å². The van der Waals surface area contributed by atoms with Crippen molar-refractivity contribution >= 4 is 0 Å². The van der Waals surface area contributed by atoms with Crippen LogP contribution >= 0.6 is 0 Å². The second kappa shape index (κ2) is 6.33. The molecule has 0 heteroatoms. The maximum Gasteiger partial charge on any atom is -0.00971 e. The maximum absolute atomic E-state index is 2.52. The maximum atomic E-state index is 2.52. The fourth-order valence-corrected chi connectivity index (χ4v) is 3.74. The summed E-state index contributed by atoms with van der Waals surface area (Å²) in [5.74, 6) is 4.22. The summed E-state index contributed by atoms with van der Waals surface area (Å²) in [6.07, 6.45) is 11.2. The monoisotopic (exact) mass is 272 g/mol. The molecule has 0 N–H and O–H groups in total. The van der Waals surface area contributed by atoms with Gasteiger partial charge in [-0.25, -0.2) is 0 Å². The van der Waals surface area contributed by atoms with E-state index in [9.17, 15) is 0 Å². The molecular weight excluding hydrogens is 240 g/mol. The molecule has 0 aromatic carbocycles. The fraction of sp³-hybridized carbons (Fsp3) is 0.700. The molecule has 1 fully saturated rings. The molecule has 20 heavy (non-hydrogen) atoms. The van der Waals surface area contributed by atoms with Crippen LogP contribution in [0.1, 0.15) is 60.8 Å². The van der Waals surface area contributed by atoms with E-state index in [-0.39, 0.29) is 0 Å². The van der Waals surface area contributed by atoms with Gasteiger partial charge >= 0.3 is 0 Å². The molecule has 0 aromatic heterocycles. The van der Waals surface area contributed by atoms with Crippen LogP contribution in [0.2, 0.25) is 0 Å². The summed E-state index contributed by atoms with van der Waals surface area (Å²) >= 11 is 0. The van der Waals surface area contributed by atoms with E-state index in [0.717, 1.165) is 29.6 Å².